The first kappa shape index (κ1) is 26.0. The molecule has 1 amide bonds. The van der Waals surface area contributed by atoms with Crippen molar-refractivity contribution in [3.05, 3.63) is 95.3 Å². The van der Waals surface area contributed by atoms with Gasteiger partial charge in [0, 0.05) is 6.54 Å². The van der Waals surface area contributed by atoms with Crippen LogP contribution in [-0.4, -0.2) is 29.2 Å². The lowest BCUT2D eigenvalue weighted by Crippen LogP contribution is -2.30. The predicted octanol–water partition coefficient (Wildman–Crippen LogP) is 6.28. The van der Waals surface area contributed by atoms with Crippen molar-refractivity contribution < 1.29 is 14.3 Å². The number of benzene rings is 3. The van der Waals surface area contributed by atoms with Crippen LogP contribution in [0, 0.1) is 6.92 Å². The number of carbonyl (C=O) groups excluding carboxylic acids is 1. The van der Waals surface area contributed by atoms with E-state index < -0.39 is 0 Å². The van der Waals surface area contributed by atoms with Gasteiger partial charge in [0.15, 0.2) is 11.5 Å². The zero-order valence-corrected chi connectivity index (χ0v) is 22.0. The van der Waals surface area contributed by atoms with Gasteiger partial charge in [0.2, 0.25) is 5.91 Å². The van der Waals surface area contributed by atoms with Gasteiger partial charge in [-0.2, -0.15) is 0 Å². The van der Waals surface area contributed by atoms with Crippen LogP contribution in [0.15, 0.2) is 72.8 Å². The Morgan fingerprint density at radius 2 is 1.86 bits per heavy atom. The average Bonchev–Trinajstić information content (AvgIpc) is 3.27. The van der Waals surface area contributed by atoms with Crippen LogP contribution in [0.5, 0.6) is 11.5 Å². The molecule has 0 aliphatic heterocycles. The summed E-state index contributed by atoms with van der Waals surface area (Å²) in [5.41, 5.74) is 5.18. The number of aromatic nitrogens is 2. The monoisotopic (exact) mass is 497 g/mol. The summed E-state index contributed by atoms with van der Waals surface area (Å²) in [6.07, 6.45) is 5.14. The molecule has 0 aliphatic rings. The van der Waals surface area contributed by atoms with E-state index in [-0.39, 0.29) is 11.9 Å². The van der Waals surface area contributed by atoms with Crippen LogP contribution < -0.4 is 14.8 Å². The lowest BCUT2D eigenvalue weighted by molar-refractivity contribution is -0.121. The largest absolute Gasteiger partial charge is 0.493 e. The van der Waals surface area contributed by atoms with E-state index in [1.807, 2.05) is 93.6 Å². The van der Waals surface area contributed by atoms with E-state index in [2.05, 4.69) is 16.0 Å². The van der Waals surface area contributed by atoms with E-state index >= 15 is 0 Å². The Hall–Kier alpha value is -4.06. The van der Waals surface area contributed by atoms with Crippen molar-refractivity contribution in [1.29, 1.82) is 0 Å². The van der Waals surface area contributed by atoms with Gasteiger partial charge >= 0.3 is 0 Å². The molecule has 4 aromatic rings. The zero-order chi connectivity index (χ0) is 26.2. The fourth-order valence-electron chi connectivity index (χ4n) is 4.50. The number of hydrogen-bond donors (Lipinski definition) is 1. The van der Waals surface area contributed by atoms with Crippen molar-refractivity contribution in [3.8, 4) is 11.5 Å². The molecule has 0 bridgehead atoms. The van der Waals surface area contributed by atoms with Gasteiger partial charge in [-0.05, 0) is 68.1 Å². The van der Waals surface area contributed by atoms with Crippen LogP contribution in [0.2, 0.25) is 0 Å². The van der Waals surface area contributed by atoms with Crippen LogP contribution in [-0.2, 0) is 17.8 Å². The van der Waals surface area contributed by atoms with Gasteiger partial charge in [-0.15, -0.1) is 0 Å². The molecule has 0 fully saturated rings. The maximum absolute atomic E-state index is 12.8. The zero-order valence-electron chi connectivity index (χ0n) is 22.0. The van der Waals surface area contributed by atoms with Crippen LogP contribution in [0.25, 0.3) is 17.1 Å². The summed E-state index contributed by atoms with van der Waals surface area (Å²) in [4.78, 5) is 17.7. The summed E-state index contributed by atoms with van der Waals surface area (Å²) in [5.74, 6) is 2.27. The lowest BCUT2D eigenvalue weighted by atomic mass is 10.1. The molecule has 1 atom stereocenters. The van der Waals surface area contributed by atoms with Crippen molar-refractivity contribution in [1.82, 2.24) is 14.9 Å². The Balaban J connectivity index is 1.44. The van der Waals surface area contributed by atoms with Gasteiger partial charge in [-0.3, -0.25) is 4.79 Å². The van der Waals surface area contributed by atoms with Crippen molar-refractivity contribution >= 4 is 23.0 Å². The number of amides is 1. The van der Waals surface area contributed by atoms with E-state index in [1.54, 1.807) is 7.11 Å². The van der Waals surface area contributed by atoms with Gasteiger partial charge in [-0.25, -0.2) is 4.98 Å². The molecule has 37 heavy (non-hydrogen) atoms. The molecule has 0 saturated carbocycles. The maximum Gasteiger partial charge on any atom is 0.225 e. The third-order valence-corrected chi connectivity index (χ3v) is 6.39. The highest BCUT2D eigenvalue weighted by atomic mass is 16.5. The molecule has 1 aromatic heterocycles. The van der Waals surface area contributed by atoms with Gasteiger partial charge in [0.25, 0.3) is 0 Å². The second kappa shape index (κ2) is 12.3. The van der Waals surface area contributed by atoms with Crippen molar-refractivity contribution in [3.63, 3.8) is 0 Å². The Kier molecular flexibility index (Phi) is 8.62. The fourth-order valence-corrected chi connectivity index (χ4v) is 4.50. The summed E-state index contributed by atoms with van der Waals surface area (Å²) in [6, 6.07) is 21.7. The Bertz CT molecular complexity index is 1390. The number of imidazole rings is 1. The number of hydrogen-bond acceptors (Lipinski definition) is 4. The summed E-state index contributed by atoms with van der Waals surface area (Å²) in [5, 5.41) is 3.14. The van der Waals surface area contributed by atoms with Crippen LogP contribution in [0.4, 0.5) is 0 Å². The highest BCUT2D eigenvalue weighted by molar-refractivity contribution is 5.80. The normalized spacial score (nSPS) is 12.1. The van der Waals surface area contributed by atoms with Gasteiger partial charge in [-0.1, -0.05) is 54.6 Å². The molecule has 1 unspecified atom stereocenters. The third kappa shape index (κ3) is 6.39. The molecule has 0 aliphatic carbocycles. The first-order valence-corrected chi connectivity index (χ1v) is 12.7. The number of allylic oxidation sites excluding steroid dienone is 1. The van der Waals surface area contributed by atoms with E-state index in [9.17, 15) is 4.79 Å². The molecule has 0 saturated heterocycles. The number of rotatable bonds is 11. The molecule has 6 heteroatoms. The minimum Gasteiger partial charge on any atom is -0.493 e. The SMILES string of the molecule is C/C=C/c1ccc(OCCCn2c(C(C)NC(=O)Cc3ccccc3C)nc3ccccc32)c(OC)c1. The Labute approximate surface area is 218 Å². The number of nitrogens with one attached hydrogen (secondary N) is 1. The number of para-hydroxylation sites is 2. The number of aryl methyl sites for hydroxylation is 2. The quantitative estimate of drug-likeness (QED) is 0.248. The van der Waals surface area contributed by atoms with E-state index in [4.69, 9.17) is 14.5 Å². The smallest absolute Gasteiger partial charge is 0.225 e. The standard InChI is InChI=1S/C31H35N3O3/c1-5-11-24-16-17-28(29(20-24)36-4)37-19-10-18-34-27-15-9-8-14-26(27)33-31(34)23(3)32-30(35)21-25-13-7-6-12-22(25)2/h5-9,11-17,20,23H,10,18-19,21H2,1-4H3,(H,32,35)/b11-5+. The highest BCUT2D eigenvalue weighted by Gasteiger charge is 2.19. The molecular formula is C31H35N3O3. The second-order valence-electron chi connectivity index (χ2n) is 9.12. The maximum atomic E-state index is 12.8. The van der Waals surface area contributed by atoms with E-state index in [0.29, 0.717) is 25.3 Å². The first-order chi connectivity index (χ1) is 18.0. The van der Waals surface area contributed by atoms with Gasteiger partial charge < -0.3 is 19.4 Å². The fraction of sp³-hybridized carbons (Fsp3) is 0.290. The molecule has 6 nitrogen and oxygen atoms in total. The number of nitrogens with zero attached hydrogens (tertiary/aromatic N) is 2. The van der Waals surface area contributed by atoms with Crippen molar-refractivity contribution in [2.45, 2.75) is 46.2 Å². The second-order valence-corrected chi connectivity index (χ2v) is 9.12. The van der Waals surface area contributed by atoms with Crippen LogP contribution >= 0.6 is 0 Å². The average molecular weight is 498 g/mol. The topological polar surface area (TPSA) is 65.4 Å². The molecule has 4 rings (SSSR count). The number of fused-ring (bicyclic) bond motifs is 1. The van der Waals surface area contributed by atoms with Crippen LogP contribution in [0.1, 0.15) is 48.8 Å². The summed E-state index contributed by atoms with van der Waals surface area (Å²) < 4.78 is 13.8. The van der Waals surface area contributed by atoms with E-state index in [1.165, 1.54) is 0 Å². The predicted molar refractivity (Wildman–Crippen MR) is 149 cm³/mol. The molecular weight excluding hydrogens is 462 g/mol. The molecule has 1 N–H and O–H groups in total. The van der Waals surface area contributed by atoms with E-state index in [0.717, 1.165) is 45.7 Å². The summed E-state index contributed by atoms with van der Waals surface area (Å²) in [6.45, 7) is 7.24. The minimum absolute atomic E-state index is 0.0165. The highest BCUT2D eigenvalue weighted by Crippen LogP contribution is 2.29. The van der Waals surface area contributed by atoms with Gasteiger partial charge in [0.05, 0.1) is 37.2 Å². The molecule has 192 valence electrons. The minimum atomic E-state index is -0.232. The lowest BCUT2D eigenvalue weighted by Gasteiger charge is -2.17. The van der Waals surface area contributed by atoms with Crippen molar-refractivity contribution in [2.75, 3.05) is 13.7 Å². The first-order valence-electron chi connectivity index (χ1n) is 12.7. The third-order valence-electron chi connectivity index (χ3n) is 6.39. The Morgan fingerprint density at radius 3 is 2.65 bits per heavy atom. The molecule has 0 radical (unpaired) electrons. The Morgan fingerprint density at radius 1 is 1.08 bits per heavy atom. The van der Waals surface area contributed by atoms with Crippen LogP contribution in [0.3, 0.4) is 0 Å². The summed E-state index contributed by atoms with van der Waals surface area (Å²) >= 11 is 0. The van der Waals surface area contributed by atoms with Crippen molar-refractivity contribution in [2.24, 2.45) is 0 Å². The summed E-state index contributed by atoms with van der Waals surface area (Å²) in [7, 11) is 1.65. The molecule has 0 spiro atoms. The number of methoxy groups -OCH3 is 1. The number of carbonyl (C=O) groups is 1. The van der Waals surface area contributed by atoms with Gasteiger partial charge in [0.1, 0.15) is 5.82 Å². The number of ether oxygens (including phenoxy) is 2. The molecule has 1 heterocycles. The molecule has 3 aromatic carbocycles.